The standard InChI is InChI=1S/C13H7F2NO4S/c14-8-5-6-9(16(19)20)12(11(8)15)21-10-4-2-1-3-7(10)13(17)18/h1-6H,(H,17,18). The average Bonchev–Trinajstić information content (AvgIpc) is 2.44. The van der Waals surface area contributed by atoms with Crippen LogP contribution >= 0.6 is 11.8 Å². The smallest absolute Gasteiger partial charge is 0.336 e. The number of carbonyl (C=O) groups is 1. The van der Waals surface area contributed by atoms with Crippen molar-refractivity contribution in [3.05, 3.63) is 63.7 Å². The SMILES string of the molecule is O=C(O)c1ccccc1Sc1c([N+](=O)[O-])ccc(F)c1F. The molecule has 0 saturated heterocycles. The highest BCUT2D eigenvalue weighted by atomic mass is 32.2. The van der Waals surface area contributed by atoms with Crippen LogP contribution < -0.4 is 0 Å². The van der Waals surface area contributed by atoms with Crippen molar-refractivity contribution < 1.29 is 23.6 Å². The van der Waals surface area contributed by atoms with E-state index in [1.807, 2.05) is 0 Å². The van der Waals surface area contributed by atoms with Gasteiger partial charge in [0.05, 0.1) is 10.5 Å². The largest absolute Gasteiger partial charge is 0.478 e. The normalized spacial score (nSPS) is 10.4. The first-order valence-corrected chi connectivity index (χ1v) is 6.36. The molecule has 108 valence electrons. The molecular formula is C13H7F2NO4S. The Morgan fingerprint density at radius 3 is 2.48 bits per heavy atom. The van der Waals surface area contributed by atoms with Crippen LogP contribution in [0, 0.1) is 21.7 Å². The van der Waals surface area contributed by atoms with Crippen molar-refractivity contribution in [1.82, 2.24) is 0 Å². The van der Waals surface area contributed by atoms with Gasteiger partial charge in [0.15, 0.2) is 11.6 Å². The maximum atomic E-state index is 13.8. The van der Waals surface area contributed by atoms with Gasteiger partial charge in [0.2, 0.25) is 0 Å². The number of carboxylic acid groups (broad SMARTS) is 1. The molecule has 0 heterocycles. The second-order valence-electron chi connectivity index (χ2n) is 3.87. The van der Waals surface area contributed by atoms with Gasteiger partial charge in [-0.3, -0.25) is 10.1 Å². The summed E-state index contributed by atoms with van der Waals surface area (Å²) in [7, 11) is 0. The Balaban J connectivity index is 2.57. The summed E-state index contributed by atoms with van der Waals surface area (Å²) in [5.41, 5.74) is -0.778. The Morgan fingerprint density at radius 1 is 1.19 bits per heavy atom. The van der Waals surface area contributed by atoms with E-state index >= 15 is 0 Å². The molecule has 2 aromatic carbocycles. The van der Waals surface area contributed by atoms with E-state index in [-0.39, 0.29) is 10.5 Å². The van der Waals surface area contributed by atoms with Crippen LogP contribution in [0.2, 0.25) is 0 Å². The van der Waals surface area contributed by atoms with Gasteiger partial charge in [-0.1, -0.05) is 23.9 Å². The molecule has 0 aliphatic carbocycles. The number of carboxylic acids is 1. The molecule has 0 fully saturated rings. The zero-order valence-electron chi connectivity index (χ0n) is 10.2. The van der Waals surface area contributed by atoms with E-state index in [9.17, 15) is 23.7 Å². The number of nitro groups is 1. The van der Waals surface area contributed by atoms with Crippen molar-refractivity contribution in [3.8, 4) is 0 Å². The zero-order chi connectivity index (χ0) is 15.6. The van der Waals surface area contributed by atoms with E-state index in [1.54, 1.807) is 0 Å². The van der Waals surface area contributed by atoms with Gasteiger partial charge in [0.1, 0.15) is 4.90 Å². The van der Waals surface area contributed by atoms with E-state index in [0.717, 1.165) is 6.07 Å². The highest BCUT2D eigenvalue weighted by Gasteiger charge is 2.24. The molecule has 0 spiro atoms. The highest BCUT2D eigenvalue weighted by Crippen LogP contribution is 2.39. The van der Waals surface area contributed by atoms with Gasteiger partial charge in [-0.2, -0.15) is 0 Å². The monoisotopic (exact) mass is 311 g/mol. The predicted octanol–water partition coefficient (Wildman–Crippen LogP) is 3.72. The number of halogens is 2. The molecule has 2 aromatic rings. The number of nitro benzene ring substituents is 1. The third kappa shape index (κ3) is 3.00. The zero-order valence-corrected chi connectivity index (χ0v) is 11.1. The van der Waals surface area contributed by atoms with Crippen LogP contribution in [0.1, 0.15) is 10.4 Å². The van der Waals surface area contributed by atoms with Crippen LogP contribution in [0.4, 0.5) is 14.5 Å². The van der Waals surface area contributed by atoms with E-state index in [4.69, 9.17) is 5.11 Å². The summed E-state index contributed by atoms with van der Waals surface area (Å²) in [4.78, 5) is 20.6. The lowest BCUT2D eigenvalue weighted by molar-refractivity contribution is -0.388. The van der Waals surface area contributed by atoms with Gasteiger partial charge in [-0.05, 0) is 18.2 Å². The van der Waals surface area contributed by atoms with E-state index in [1.165, 1.54) is 24.3 Å². The lowest BCUT2D eigenvalue weighted by atomic mass is 10.2. The molecule has 21 heavy (non-hydrogen) atoms. The number of rotatable bonds is 4. The number of benzene rings is 2. The topological polar surface area (TPSA) is 80.4 Å². The first kappa shape index (κ1) is 14.9. The molecule has 1 N–H and O–H groups in total. The molecule has 8 heteroatoms. The first-order chi connectivity index (χ1) is 9.91. The molecule has 0 aromatic heterocycles. The lowest BCUT2D eigenvalue weighted by Gasteiger charge is -2.07. The minimum absolute atomic E-state index is 0.0811. The molecule has 0 aliphatic rings. The third-order valence-electron chi connectivity index (χ3n) is 2.56. The molecule has 0 atom stereocenters. The summed E-state index contributed by atoms with van der Waals surface area (Å²) in [5.74, 6) is -3.89. The minimum atomic E-state index is -1.38. The molecule has 2 rings (SSSR count). The summed E-state index contributed by atoms with van der Waals surface area (Å²) >= 11 is 0.501. The maximum absolute atomic E-state index is 13.8. The first-order valence-electron chi connectivity index (χ1n) is 5.54. The third-order valence-corrected chi connectivity index (χ3v) is 3.72. The number of hydrogen-bond donors (Lipinski definition) is 1. The average molecular weight is 311 g/mol. The molecule has 0 unspecified atom stereocenters. The molecule has 0 amide bonds. The van der Waals surface area contributed by atoms with Crippen molar-refractivity contribution in [2.75, 3.05) is 0 Å². The maximum Gasteiger partial charge on any atom is 0.336 e. The van der Waals surface area contributed by atoms with Crippen molar-refractivity contribution in [3.63, 3.8) is 0 Å². The fourth-order valence-electron chi connectivity index (χ4n) is 1.60. The van der Waals surface area contributed by atoms with Gasteiger partial charge in [-0.25, -0.2) is 13.6 Å². The Morgan fingerprint density at radius 2 is 1.86 bits per heavy atom. The fourth-order valence-corrected chi connectivity index (χ4v) is 2.67. The van der Waals surface area contributed by atoms with Gasteiger partial charge in [0.25, 0.3) is 5.69 Å². The summed E-state index contributed by atoms with van der Waals surface area (Å²) in [6, 6.07) is 7.09. The second kappa shape index (κ2) is 5.88. The summed E-state index contributed by atoms with van der Waals surface area (Å²) in [6.07, 6.45) is 0. The second-order valence-corrected chi connectivity index (χ2v) is 4.92. The van der Waals surface area contributed by atoms with E-state index in [0.29, 0.717) is 17.8 Å². The van der Waals surface area contributed by atoms with Crippen molar-refractivity contribution in [1.29, 1.82) is 0 Å². The summed E-state index contributed by atoms with van der Waals surface area (Å²) in [6.45, 7) is 0. The quantitative estimate of drug-likeness (QED) is 0.687. The molecule has 0 aliphatic heterocycles. The Bertz CT molecular complexity index is 736. The minimum Gasteiger partial charge on any atom is -0.478 e. The van der Waals surface area contributed by atoms with Crippen LogP contribution in [0.25, 0.3) is 0 Å². The summed E-state index contributed by atoms with van der Waals surface area (Å²) in [5, 5.41) is 19.9. The highest BCUT2D eigenvalue weighted by molar-refractivity contribution is 7.99. The van der Waals surface area contributed by atoms with E-state index in [2.05, 4.69) is 0 Å². The van der Waals surface area contributed by atoms with Crippen LogP contribution in [-0.4, -0.2) is 16.0 Å². The molecular weight excluding hydrogens is 304 g/mol. The lowest BCUT2D eigenvalue weighted by Crippen LogP contribution is -2.00. The van der Waals surface area contributed by atoms with Gasteiger partial charge in [0, 0.05) is 11.0 Å². The van der Waals surface area contributed by atoms with E-state index < -0.39 is 33.1 Å². The fraction of sp³-hybridized carbons (Fsp3) is 0. The van der Waals surface area contributed by atoms with Crippen LogP contribution in [-0.2, 0) is 0 Å². The Kier molecular flexibility index (Phi) is 4.18. The van der Waals surface area contributed by atoms with Crippen LogP contribution in [0.3, 0.4) is 0 Å². The van der Waals surface area contributed by atoms with Gasteiger partial charge < -0.3 is 5.11 Å². The molecule has 0 radical (unpaired) electrons. The molecule has 0 saturated carbocycles. The Labute approximate surface area is 121 Å². The van der Waals surface area contributed by atoms with Crippen LogP contribution in [0.5, 0.6) is 0 Å². The van der Waals surface area contributed by atoms with Gasteiger partial charge >= 0.3 is 5.97 Å². The van der Waals surface area contributed by atoms with Gasteiger partial charge in [-0.15, -0.1) is 0 Å². The summed E-state index contributed by atoms with van der Waals surface area (Å²) < 4.78 is 27.1. The predicted molar refractivity (Wildman–Crippen MR) is 70.5 cm³/mol. The van der Waals surface area contributed by atoms with Crippen molar-refractivity contribution >= 4 is 23.4 Å². The molecule has 0 bridgehead atoms. The number of aromatic carboxylic acids is 1. The van der Waals surface area contributed by atoms with Crippen molar-refractivity contribution in [2.45, 2.75) is 9.79 Å². The number of hydrogen-bond acceptors (Lipinski definition) is 4. The number of nitrogens with zero attached hydrogens (tertiary/aromatic N) is 1. The van der Waals surface area contributed by atoms with Crippen LogP contribution in [0.15, 0.2) is 46.2 Å². The Hall–Kier alpha value is -2.48. The van der Waals surface area contributed by atoms with Crippen molar-refractivity contribution in [2.24, 2.45) is 0 Å². The molecule has 5 nitrogen and oxygen atoms in total.